The molecular formula is C14H19ClN4O2. The molecule has 2 amide bonds. The molecule has 0 atom stereocenters. The van der Waals surface area contributed by atoms with Crippen LogP contribution in [0.3, 0.4) is 0 Å². The molecule has 1 aliphatic heterocycles. The van der Waals surface area contributed by atoms with Crippen LogP contribution in [0.15, 0.2) is 18.2 Å². The molecule has 0 aromatic heterocycles. The van der Waals surface area contributed by atoms with E-state index in [9.17, 15) is 9.59 Å². The second-order valence-corrected chi connectivity index (χ2v) is 5.32. The van der Waals surface area contributed by atoms with E-state index in [1.807, 2.05) is 0 Å². The summed E-state index contributed by atoms with van der Waals surface area (Å²) in [5, 5.41) is 2.89. The number of halogens is 1. The molecule has 0 unspecified atom stereocenters. The summed E-state index contributed by atoms with van der Waals surface area (Å²) < 4.78 is 0. The van der Waals surface area contributed by atoms with Crippen molar-refractivity contribution in [1.82, 2.24) is 9.80 Å². The molecule has 1 heterocycles. The number of anilines is 2. The van der Waals surface area contributed by atoms with Crippen molar-refractivity contribution < 1.29 is 9.59 Å². The van der Waals surface area contributed by atoms with Crippen LogP contribution in [0.5, 0.6) is 0 Å². The number of hydrogen-bond donors (Lipinski definition) is 2. The number of nitrogens with two attached hydrogens (primary N) is 1. The maximum Gasteiger partial charge on any atom is 0.313 e. The average Bonchev–Trinajstić information content (AvgIpc) is 2.50. The predicted octanol–water partition coefficient (Wildman–Crippen LogP) is 1.02. The molecule has 1 aromatic carbocycles. The Morgan fingerprint density at radius 3 is 2.52 bits per heavy atom. The highest BCUT2D eigenvalue weighted by molar-refractivity contribution is 6.40. The van der Waals surface area contributed by atoms with Crippen LogP contribution in [-0.2, 0) is 9.59 Å². The lowest BCUT2D eigenvalue weighted by atomic mass is 10.2. The Labute approximate surface area is 128 Å². The molecular weight excluding hydrogens is 292 g/mol. The molecule has 0 spiro atoms. The summed E-state index contributed by atoms with van der Waals surface area (Å²) in [5.41, 5.74) is 6.48. The Bertz CT molecular complexity index is 542. The predicted molar refractivity (Wildman–Crippen MR) is 83.2 cm³/mol. The molecule has 0 saturated carbocycles. The van der Waals surface area contributed by atoms with Crippen molar-refractivity contribution >= 4 is 34.8 Å². The van der Waals surface area contributed by atoms with Crippen LogP contribution >= 0.6 is 11.6 Å². The number of rotatable bonds is 2. The topological polar surface area (TPSA) is 78.7 Å². The van der Waals surface area contributed by atoms with Crippen molar-refractivity contribution in [3.63, 3.8) is 0 Å². The van der Waals surface area contributed by atoms with Crippen molar-refractivity contribution in [3.8, 4) is 0 Å². The maximum atomic E-state index is 12.1. The first-order valence-corrected chi connectivity index (χ1v) is 7.26. The highest BCUT2D eigenvalue weighted by Gasteiger charge is 2.25. The van der Waals surface area contributed by atoms with Gasteiger partial charge >= 0.3 is 11.8 Å². The normalized spacial score (nSPS) is 15.8. The van der Waals surface area contributed by atoms with Crippen molar-refractivity contribution in [3.05, 3.63) is 23.2 Å². The molecule has 114 valence electrons. The minimum atomic E-state index is -0.652. The van der Waals surface area contributed by atoms with E-state index < -0.39 is 11.8 Å². The van der Waals surface area contributed by atoms with Gasteiger partial charge in [0.25, 0.3) is 0 Å². The van der Waals surface area contributed by atoms with Gasteiger partial charge in [0, 0.05) is 31.9 Å². The number of nitrogen functional groups attached to an aromatic ring is 1. The minimum Gasteiger partial charge on any atom is -0.398 e. The summed E-state index contributed by atoms with van der Waals surface area (Å²) in [6.45, 7) is 5.77. The quantitative estimate of drug-likeness (QED) is 0.631. The molecule has 6 nitrogen and oxygen atoms in total. The van der Waals surface area contributed by atoms with E-state index in [0.29, 0.717) is 29.5 Å². The van der Waals surface area contributed by atoms with Gasteiger partial charge in [-0.15, -0.1) is 0 Å². The van der Waals surface area contributed by atoms with Crippen LogP contribution in [0, 0.1) is 0 Å². The van der Waals surface area contributed by atoms with E-state index in [4.69, 9.17) is 17.3 Å². The smallest absolute Gasteiger partial charge is 0.313 e. The largest absolute Gasteiger partial charge is 0.398 e. The number of benzene rings is 1. The second kappa shape index (κ2) is 6.78. The first-order chi connectivity index (χ1) is 10.0. The van der Waals surface area contributed by atoms with E-state index in [2.05, 4.69) is 17.1 Å². The van der Waals surface area contributed by atoms with Crippen LogP contribution in [0.25, 0.3) is 0 Å². The molecule has 3 N–H and O–H groups in total. The monoisotopic (exact) mass is 310 g/mol. The lowest BCUT2D eigenvalue weighted by molar-refractivity contribution is -0.144. The Kier molecular flexibility index (Phi) is 5.03. The zero-order valence-electron chi connectivity index (χ0n) is 11.9. The number of nitrogens with one attached hydrogen (secondary N) is 1. The highest BCUT2D eigenvalue weighted by atomic mass is 35.5. The molecule has 2 rings (SSSR count). The minimum absolute atomic E-state index is 0.344. The third-order valence-electron chi connectivity index (χ3n) is 3.56. The van der Waals surface area contributed by atoms with Gasteiger partial charge in [0.05, 0.1) is 10.7 Å². The number of carbonyl (C=O) groups is 2. The Morgan fingerprint density at radius 2 is 1.95 bits per heavy atom. The molecule has 1 aliphatic rings. The zero-order chi connectivity index (χ0) is 15.4. The summed E-state index contributed by atoms with van der Waals surface area (Å²) in [4.78, 5) is 27.9. The zero-order valence-corrected chi connectivity index (χ0v) is 12.7. The van der Waals surface area contributed by atoms with Gasteiger partial charge in [0.2, 0.25) is 0 Å². The van der Waals surface area contributed by atoms with Crippen LogP contribution < -0.4 is 11.1 Å². The number of hydrogen-bond acceptors (Lipinski definition) is 4. The number of amides is 2. The molecule has 0 aliphatic carbocycles. The van der Waals surface area contributed by atoms with E-state index >= 15 is 0 Å². The molecule has 0 radical (unpaired) electrons. The summed E-state index contributed by atoms with van der Waals surface area (Å²) >= 11 is 5.88. The third kappa shape index (κ3) is 3.86. The number of nitrogens with zero attached hydrogens (tertiary/aromatic N) is 2. The maximum absolute atomic E-state index is 12.1. The van der Waals surface area contributed by atoms with Gasteiger partial charge in [-0.1, -0.05) is 18.5 Å². The van der Waals surface area contributed by atoms with Gasteiger partial charge in [-0.25, -0.2) is 0 Å². The lowest BCUT2D eigenvalue weighted by Gasteiger charge is -2.33. The third-order valence-corrected chi connectivity index (χ3v) is 3.89. The van der Waals surface area contributed by atoms with Crippen LogP contribution in [-0.4, -0.2) is 54.3 Å². The van der Waals surface area contributed by atoms with Crippen LogP contribution in [0.1, 0.15) is 6.92 Å². The SMILES string of the molecule is CCN1CCN(C(=O)C(=O)Nc2ccc(N)c(Cl)c2)CC1. The number of piperazine rings is 1. The molecule has 1 aromatic rings. The Morgan fingerprint density at radius 1 is 1.29 bits per heavy atom. The summed E-state index contributed by atoms with van der Waals surface area (Å²) in [6.07, 6.45) is 0. The van der Waals surface area contributed by atoms with Gasteiger partial charge in [0.15, 0.2) is 0 Å². The van der Waals surface area contributed by atoms with Crippen LogP contribution in [0.4, 0.5) is 11.4 Å². The molecule has 21 heavy (non-hydrogen) atoms. The Hall–Kier alpha value is -1.79. The van der Waals surface area contributed by atoms with Gasteiger partial charge in [-0.3, -0.25) is 9.59 Å². The van der Waals surface area contributed by atoms with Crippen molar-refractivity contribution in [1.29, 1.82) is 0 Å². The van der Waals surface area contributed by atoms with Gasteiger partial charge < -0.3 is 20.9 Å². The Balaban J connectivity index is 1.93. The summed E-state index contributed by atoms with van der Waals surface area (Å²) in [5.74, 6) is -1.17. The van der Waals surface area contributed by atoms with E-state index in [1.54, 1.807) is 17.0 Å². The van der Waals surface area contributed by atoms with Gasteiger partial charge in [-0.05, 0) is 24.7 Å². The van der Waals surface area contributed by atoms with Crippen molar-refractivity contribution in [2.75, 3.05) is 43.8 Å². The van der Waals surface area contributed by atoms with Crippen LogP contribution in [0.2, 0.25) is 5.02 Å². The van der Waals surface area contributed by atoms with Crippen molar-refractivity contribution in [2.24, 2.45) is 0 Å². The molecule has 7 heteroatoms. The fourth-order valence-corrected chi connectivity index (χ4v) is 2.38. The van der Waals surface area contributed by atoms with E-state index in [0.717, 1.165) is 19.6 Å². The number of carbonyl (C=O) groups excluding carboxylic acids is 2. The summed E-state index contributed by atoms with van der Waals surface area (Å²) in [6, 6.07) is 4.72. The van der Waals surface area contributed by atoms with E-state index in [-0.39, 0.29) is 0 Å². The highest BCUT2D eigenvalue weighted by Crippen LogP contribution is 2.22. The fraction of sp³-hybridized carbons (Fsp3) is 0.429. The van der Waals surface area contributed by atoms with Gasteiger partial charge in [-0.2, -0.15) is 0 Å². The average molecular weight is 311 g/mol. The number of likely N-dealkylation sites (N-methyl/N-ethyl adjacent to an activating group) is 1. The first-order valence-electron chi connectivity index (χ1n) is 6.89. The van der Waals surface area contributed by atoms with E-state index in [1.165, 1.54) is 6.07 Å². The van der Waals surface area contributed by atoms with Crippen molar-refractivity contribution in [2.45, 2.75) is 6.92 Å². The molecule has 1 fully saturated rings. The second-order valence-electron chi connectivity index (χ2n) is 4.92. The lowest BCUT2D eigenvalue weighted by Crippen LogP contribution is -2.51. The van der Waals surface area contributed by atoms with Gasteiger partial charge in [0.1, 0.15) is 0 Å². The molecule has 0 bridgehead atoms. The standard InChI is InChI=1S/C14H19ClN4O2/c1-2-18-5-7-19(8-6-18)14(21)13(20)17-10-3-4-12(16)11(15)9-10/h3-4,9H,2,5-8,16H2,1H3,(H,17,20). The first kappa shape index (κ1) is 15.6. The fourth-order valence-electron chi connectivity index (χ4n) is 2.20. The summed E-state index contributed by atoms with van der Waals surface area (Å²) in [7, 11) is 0. The molecule has 1 saturated heterocycles.